The fourth-order valence-corrected chi connectivity index (χ4v) is 3.80. The van der Waals surface area contributed by atoms with Gasteiger partial charge < -0.3 is 19.1 Å². The van der Waals surface area contributed by atoms with Crippen LogP contribution in [0.1, 0.15) is 53.2 Å². The SMILES string of the molecule is CCOC(=O)C1(c2ccc(-c3cccnc3OCC)nn2)CCN(C(=O)OC(C)(C)C)CC1. The van der Waals surface area contributed by atoms with Crippen molar-refractivity contribution in [3.05, 3.63) is 36.2 Å². The third kappa shape index (κ3) is 5.58. The van der Waals surface area contributed by atoms with Crippen molar-refractivity contribution in [2.45, 2.75) is 58.5 Å². The lowest BCUT2D eigenvalue weighted by Crippen LogP contribution is -2.51. The van der Waals surface area contributed by atoms with E-state index in [1.165, 1.54) is 0 Å². The molecule has 0 radical (unpaired) electrons. The molecule has 2 aromatic heterocycles. The van der Waals surface area contributed by atoms with Crippen LogP contribution in [0.2, 0.25) is 0 Å². The molecule has 1 fully saturated rings. The standard InChI is InChI=1S/C24H32N4O5/c1-6-31-20-17(9-8-14-25-20)18-10-11-19(27-26-18)24(21(29)32-7-2)12-15-28(16-13-24)22(30)33-23(3,4)5/h8-11,14H,6-7,12-13,15-16H2,1-5H3. The van der Waals surface area contributed by atoms with Crippen molar-refractivity contribution in [3.63, 3.8) is 0 Å². The van der Waals surface area contributed by atoms with E-state index in [-0.39, 0.29) is 18.7 Å². The number of pyridine rings is 1. The minimum Gasteiger partial charge on any atom is -0.477 e. The van der Waals surface area contributed by atoms with E-state index in [1.54, 1.807) is 30.2 Å². The summed E-state index contributed by atoms with van der Waals surface area (Å²) in [6, 6.07) is 7.27. The molecule has 1 amide bonds. The van der Waals surface area contributed by atoms with Gasteiger partial charge in [-0.25, -0.2) is 9.78 Å². The summed E-state index contributed by atoms with van der Waals surface area (Å²) in [4.78, 5) is 31.4. The van der Waals surface area contributed by atoms with Gasteiger partial charge in [0.25, 0.3) is 0 Å². The Bertz CT molecular complexity index is 964. The predicted molar refractivity (Wildman–Crippen MR) is 122 cm³/mol. The van der Waals surface area contributed by atoms with Gasteiger partial charge in [0, 0.05) is 19.3 Å². The minimum absolute atomic E-state index is 0.259. The molecular formula is C24H32N4O5. The van der Waals surface area contributed by atoms with Crippen molar-refractivity contribution in [2.75, 3.05) is 26.3 Å². The summed E-state index contributed by atoms with van der Waals surface area (Å²) in [5, 5.41) is 8.79. The van der Waals surface area contributed by atoms with Crippen LogP contribution in [0.4, 0.5) is 4.79 Å². The molecule has 0 N–H and O–H groups in total. The maximum absolute atomic E-state index is 13.1. The van der Waals surface area contributed by atoms with Gasteiger partial charge in [-0.3, -0.25) is 4.79 Å². The average Bonchev–Trinajstić information content (AvgIpc) is 2.79. The van der Waals surface area contributed by atoms with Crippen LogP contribution in [0.5, 0.6) is 5.88 Å². The van der Waals surface area contributed by atoms with E-state index in [0.29, 0.717) is 49.8 Å². The number of rotatable bonds is 6. The topological polar surface area (TPSA) is 104 Å². The number of likely N-dealkylation sites (tertiary alicyclic amines) is 1. The molecule has 0 unspecified atom stereocenters. The van der Waals surface area contributed by atoms with Gasteiger partial charge in [-0.05, 0) is 71.7 Å². The third-order valence-electron chi connectivity index (χ3n) is 5.42. The molecule has 9 nitrogen and oxygen atoms in total. The van der Waals surface area contributed by atoms with Crippen LogP contribution < -0.4 is 4.74 Å². The van der Waals surface area contributed by atoms with E-state index in [4.69, 9.17) is 14.2 Å². The second-order valence-electron chi connectivity index (χ2n) is 8.86. The summed E-state index contributed by atoms with van der Waals surface area (Å²) in [6.07, 6.45) is 2.01. The summed E-state index contributed by atoms with van der Waals surface area (Å²) in [6.45, 7) is 10.6. The number of ether oxygens (including phenoxy) is 3. The first-order valence-electron chi connectivity index (χ1n) is 11.3. The van der Waals surface area contributed by atoms with Crippen LogP contribution in [0, 0.1) is 0 Å². The quantitative estimate of drug-likeness (QED) is 0.605. The Morgan fingerprint density at radius 1 is 1.06 bits per heavy atom. The maximum Gasteiger partial charge on any atom is 0.410 e. The number of amides is 1. The zero-order valence-electron chi connectivity index (χ0n) is 20.0. The molecule has 1 aliphatic heterocycles. The van der Waals surface area contributed by atoms with Crippen LogP contribution in [-0.4, -0.2) is 64.0 Å². The highest BCUT2D eigenvalue weighted by Gasteiger charge is 2.47. The Morgan fingerprint density at radius 3 is 2.36 bits per heavy atom. The van der Waals surface area contributed by atoms with Crippen molar-refractivity contribution in [1.82, 2.24) is 20.1 Å². The summed E-state index contributed by atoms with van der Waals surface area (Å²) in [5.41, 5.74) is 0.289. The van der Waals surface area contributed by atoms with Crippen LogP contribution in [0.3, 0.4) is 0 Å². The van der Waals surface area contributed by atoms with Gasteiger partial charge in [0.2, 0.25) is 5.88 Å². The van der Waals surface area contributed by atoms with E-state index in [0.717, 1.165) is 5.56 Å². The lowest BCUT2D eigenvalue weighted by Gasteiger charge is -2.39. The van der Waals surface area contributed by atoms with E-state index in [2.05, 4.69) is 15.2 Å². The van der Waals surface area contributed by atoms with E-state index in [1.807, 2.05) is 39.8 Å². The van der Waals surface area contributed by atoms with Crippen LogP contribution in [-0.2, 0) is 19.7 Å². The Balaban J connectivity index is 1.86. The summed E-state index contributed by atoms with van der Waals surface area (Å²) >= 11 is 0. The molecule has 0 spiro atoms. The highest BCUT2D eigenvalue weighted by molar-refractivity contribution is 5.83. The lowest BCUT2D eigenvalue weighted by atomic mass is 9.75. The number of hydrogen-bond acceptors (Lipinski definition) is 8. The molecule has 3 rings (SSSR count). The van der Waals surface area contributed by atoms with Gasteiger partial charge in [0.15, 0.2) is 0 Å². The van der Waals surface area contributed by atoms with Crippen LogP contribution >= 0.6 is 0 Å². The summed E-state index contributed by atoms with van der Waals surface area (Å²) in [5.74, 6) is 0.125. The molecule has 1 aliphatic rings. The molecule has 0 bridgehead atoms. The number of nitrogens with zero attached hydrogens (tertiary/aromatic N) is 4. The van der Waals surface area contributed by atoms with Crippen LogP contribution in [0.25, 0.3) is 11.3 Å². The Labute approximate surface area is 194 Å². The van der Waals surface area contributed by atoms with Gasteiger partial charge in [0.1, 0.15) is 11.0 Å². The predicted octanol–water partition coefficient (Wildman–Crippen LogP) is 3.77. The summed E-state index contributed by atoms with van der Waals surface area (Å²) < 4.78 is 16.5. The molecule has 0 aromatic carbocycles. The van der Waals surface area contributed by atoms with Gasteiger partial charge >= 0.3 is 12.1 Å². The summed E-state index contributed by atoms with van der Waals surface area (Å²) in [7, 11) is 0. The number of piperidine rings is 1. The monoisotopic (exact) mass is 456 g/mol. The molecule has 3 heterocycles. The van der Waals surface area contributed by atoms with Gasteiger partial charge in [-0.1, -0.05) is 0 Å². The van der Waals surface area contributed by atoms with E-state index in [9.17, 15) is 9.59 Å². The third-order valence-corrected chi connectivity index (χ3v) is 5.42. The Hall–Kier alpha value is -3.23. The smallest absolute Gasteiger partial charge is 0.410 e. The average molecular weight is 457 g/mol. The Kier molecular flexibility index (Phi) is 7.50. The van der Waals surface area contributed by atoms with Crippen molar-refractivity contribution >= 4 is 12.1 Å². The molecule has 0 saturated carbocycles. The molecule has 0 atom stereocenters. The number of carbonyl (C=O) groups is 2. The highest BCUT2D eigenvalue weighted by atomic mass is 16.6. The highest BCUT2D eigenvalue weighted by Crippen LogP contribution is 2.37. The normalized spacial score (nSPS) is 15.6. The number of esters is 1. The second-order valence-corrected chi connectivity index (χ2v) is 8.86. The first-order valence-corrected chi connectivity index (χ1v) is 11.3. The van der Waals surface area contributed by atoms with Crippen molar-refractivity contribution in [1.29, 1.82) is 0 Å². The van der Waals surface area contributed by atoms with E-state index >= 15 is 0 Å². The largest absolute Gasteiger partial charge is 0.477 e. The maximum atomic E-state index is 13.1. The Morgan fingerprint density at radius 2 is 1.79 bits per heavy atom. The first kappa shape index (κ1) is 24.4. The van der Waals surface area contributed by atoms with Gasteiger partial charge in [-0.2, -0.15) is 10.2 Å². The number of aromatic nitrogens is 3. The molecule has 1 saturated heterocycles. The van der Waals surface area contributed by atoms with Crippen molar-refractivity contribution in [3.8, 4) is 17.1 Å². The molecule has 0 aliphatic carbocycles. The van der Waals surface area contributed by atoms with Gasteiger partial charge in [0.05, 0.1) is 30.2 Å². The van der Waals surface area contributed by atoms with E-state index < -0.39 is 11.0 Å². The number of hydrogen-bond donors (Lipinski definition) is 0. The van der Waals surface area contributed by atoms with Gasteiger partial charge in [-0.15, -0.1) is 0 Å². The fourth-order valence-electron chi connectivity index (χ4n) is 3.80. The second kappa shape index (κ2) is 10.1. The minimum atomic E-state index is -0.974. The molecule has 2 aromatic rings. The molecule has 178 valence electrons. The lowest BCUT2D eigenvalue weighted by molar-refractivity contribution is -0.152. The van der Waals surface area contributed by atoms with Crippen molar-refractivity contribution in [2.24, 2.45) is 0 Å². The first-order chi connectivity index (χ1) is 15.7. The number of carbonyl (C=O) groups excluding carboxylic acids is 2. The molecular weight excluding hydrogens is 424 g/mol. The van der Waals surface area contributed by atoms with Crippen LogP contribution in [0.15, 0.2) is 30.5 Å². The molecule has 9 heteroatoms. The molecule has 33 heavy (non-hydrogen) atoms. The van der Waals surface area contributed by atoms with Crippen molar-refractivity contribution < 1.29 is 23.8 Å². The fraction of sp³-hybridized carbons (Fsp3) is 0.542. The zero-order chi connectivity index (χ0) is 24.1. The zero-order valence-corrected chi connectivity index (χ0v) is 20.0.